The Morgan fingerprint density at radius 3 is 2.86 bits per heavy atom. The number of halogens is 1. The summed E-state index contributed by atoms with van der Waals surface area (Å²) in [6.45, 7) is 2.01. The van der Waals surface area contributed by atoms with Gasteiger partial charge in [-0.1, -0.05) is 35.9 Å². The summed E-state index contributed by atoms with van der Waals surface area (Å²) in [7, 11) is 1.90. The topological polar surface area (TPSA) is 84.2 Å². The molecular weight excluding hydrogens is 396 g/mol. The Hall–Kier alpha value is -2.06. The normalized spacial score (nSPS) is 15.2. The maximum atomic E-state index is 12.1. The Labute approximate surface area is 174 Å². The fraction of sp³-hybridized carbons (Fsp3) is 0.474. The molecule has 0 bridgehead atoms. The predicted octanol–water partition coefficient (Wildman–Crippen LogP) is 4.17. The number of hydrazone groups is 1. The zero-order valence-corrected chi connectivity index (χ0v) is 17.7. The van der Waals surface area contributed by atoms with Crippen molar-refractivity contribution in [1.82, 2.24) is 20.2 Å². The number of rotatable bonds is 7. The lowest BCUT2D eigenvalue weighted by atomic mass is 9.99. The molecule has 1 amide bonds. The van der Waals surface area contributed by atoms with Gasteiger partial charge in [-0.3, -0.25) is 4.79 Å². The zero-order valence-electron chi connectivity index (χ0n) is 16.1. The summed E-state index contributed by atoms with van der Waals surface area (Å²) in [4.78, 5) is 12.1. The van der Waals surface area contributed by atoms with Crippen LogP contribution < -0.4 is 10.7 Å². The van der Waals surface area contributed by atoms with Gasteiger partial charge in [-0.05, 0) is 50.8 Å². The van der Waals surface area contributed by atoms with Crippen LogP contribution in [0, 0.1) is 0 Å². The number of anilines is 1. The number of nitrogens with zero attached hydrogens (tertiary/aromatic N) is 4. The molecule has 0 spiro atoms. The van der Waals surface area contributed by atoms with Crippen LogP contribution in [0.3, 0.4) is 0 Å². The first-order valence-corrected chi connectivity index (χ1v) is 10.8. The van der Waals surface area contributed by atoms with E-state index in [1.807, 2.05) is 42.8 Å². The highest BCUT2D eigenvalue weighted by Crippen LogP contribution is 2.23. The van der Waals surface area contributed by atoms with Gasteiger partial charge in [0.25, 0.3) is 5.91 Å². The SMILES string of the molecule is C[C@H](Nc1cccc(Cl)c1)c1nnc(SCC(=O)NN=C2CCCCC2)n1C. The fourth-order valence-corrected chi connectivity index (χ4v) is 4.00. The largest absolute Gasteiger partial charge is 0.375 e. The Kier molecular flexibility index (Phi) is 7.33. The van der Waals surface area contributed by atoms with Crippen molar-refractivity contribution in [3.63, 3.8) is 0 Å². The third-order valence-electron chi connectivity index (χ3n) is 4.57. The lowest BCUT2D eigenvalue weighted by Crippen LogP contribution is -2.22. The van der Waals surface area contributed by atoms with E-state index in [2.05, 4.69) is 26.0 Å². The number of amides is 1. The molecular formula is C19H25ClN6OS. The minimum atomic E-state index is -0.127. The van der Waals surface area contributed by atoms with Crippen LogP contribution in [0.15, 0.2) is 34.5 Å². The Morgan fingerprint density at radius 2 is 2.11 bits per heavy atom. The van der Waals surface area contributed by atoms with Crippen molar-refractivity contribution in [2.24, 2.45) is 12.1 Å². The van der Waals surface area contributed by atoms with Gasteiger partial charge < -0.3 is 9.88 Å². The first-order chi connectivity index (χ1) is 13.5. The highest BCUT2D eigenvalue weighted by Gasteiger charge is 2.17. The monoisotopic (exact) mass is 420 g/mol. The maximum absolute atomic E-state index is 12.1. The number of thioether (sulfide) groups is 1. The van der Waals surface area contributed by atoms with Gasteiger partial charge in [0.1, 0.15) is 0 Å². The van der Waals surface area contributed by atoms with Crippen LogP contribution in [0.5, 0.6) is 0 Å². The van der Waals surface area contributed by atoms with Crippen LogP contribution in [0.1, 0.15) is 50.9 Å². The second-order valence-electron chi connectivity index (χ2n) is 6.84. The van der Waals surface area contributed by atoms with E-state index in [0.29, 0.717) is 10.2 Å². The molecule has 0 radical (unpaired) electrons. The molecule has 3 rings (SSSR count). The summed E-state index contributed by atoms with van der Waals surface area (Å²) < 4.78 is 1.90. The summed E-state index contributed by atoms with van der Waals surface area (Å²) in [6, 6.07) is 7.48. The first-order valence-electron chi connectivity index (χ1n) is 9.41. The van der Waals surface area contributed by atoms with Crippen molar-refractivity contribution in [2.75, 3.05) is 11.1 Å². The van der Waals surface area contributed by atoms with E-state index in [4.69, 9.17) is 11.6 Å². The van der Waals surface area contributed by atoms with E-state index < -0.39 is 0 Å². The van der Waals surface area contributed by atoms with Crippen molar-refractivity contribution in [2.45, 2.75) is 50.2 Å². The molecule has 0 saturated heterocycles. The quantitative estimate of drug-likeness (QED) is 0.518. The van der Waals surface area contributed by atoms with Gasteiger partial charge in [0, 0.05) is 23.5 Å². The van der Waals surface area contributed by atoms with E-state index >= 15 is 0 Å². The second kappa shape index (κ2) is 9.93. The minimum Gasteiger partial charge on any atom is -0.375 e. The molecule has 1 atom stereocenters. The van der Waals surface area contributed by atoms with E-state index in [-0.39, 0.29) is 17.7 Å². The van der Waals surface area contributed by atoms with Gasteiger partial charge in [0.2, 0.25) is 0 Å². The Balaban J connectivity index is 1.53. The van der Waals surface area contributed by atoms with E-state index in [1.54, 1.807) is 0 Å². The molecule has 2 N–H and O–H groups in total. The van der Waals surface area contributed by atoms with Crippen molar-refractivity contribution >= 4 is 40.7 Å². The fourth-order valence-electron chi connectivity index (χ4n) is 3.10. The molecule has 1 aromatic heterocycles. The summed E-state index contributed by atoms with van der Waals surface area (Å²) in [5.41, 5.74) is 4.66. The molecule has 1 aromatic carbocycles. The summed E-state index contributed by atoms with van der Waals surface area (Å²) in [6.07, 6.45) is 5.54. The van der Waals surface area contributed by atoms with E-state index in [0.717, 1.165) is 42.9 Å². The number of hydrogen-bond acceptors (Lipinski definition) is 6. The van der Waals surface area contributed by atoms with Crippen LogP contribution >= 0.6 is 23.4 Å². The van der Waals surface area contributed by atoms with Crippen LogP contribution in [0.25, 0.3) is 0 Å². The molecule has 1 fully saturated rings. The van der Waals surface area contributed by atoms with Crippen LogP contribution in [0.2, 0.25) is 5.02 Å². The number of carbonyl (C=O) groups is 1. The molecule has 2 aromatic rings. The standard InChI is InChI=1S/C19H25ClN6OS/c1-13(21-16-10-6-7-14(20)11-16)18-24-25-19(26(18)2)28-12-17(27)23-22-15-8-4-3-5-9-15/h6-7,10-11,13,21H,3-5,8-9,12H2,1-2H3,(H,23,27)/t13-/m0/s1. The third-order valence-corrected chi connectivity index (χ3v) is 5.82. The van der Waals surface area contributed by atoms with E-state index in [1.165, 1.54) is 18.2 Å². The molecule has 7 nitrogen and oxygen atoms in total. The molecule has 1 aliphatic rings. The van der Waals surface area contributed by atoms with Crippen LogP contribution in [-0.4, -0.2) is 32.1 Å². The van der Waals surface area contributed by atoms with Crippen molar-refractivity contribution < 1.29 is 4.79 Å². The van der Waals surface area contributed by atoms with Crippen molar-refractivity contribution in [3.05, 3.63) is 35.1 Å². The molecule has 28 heavy (non-hydrogen) atoms. The van der Waals surface area contributed by atoms with Crippen molar-refractivity contribution in [1.29, 1.82) is 0 Å². The van der Waals surface area contributed by atoms with Gasteiger partial charge >= 0.3 is 0 Å². The Morgan fingerprint density at radius 1 is 1.32 bits per heavy atom. The molecule has 0 unspecified atom stereocenters. The lowest BCUT2D eigenvalue weighted by molar-refractivity contribution is -0.118. The van der Waals surface area contributed by atoms with Gasteiger partial charge in [0.15, 0.2) is 11.0 Å². The van der Waals surface area contributed by atoms with Gasteiger partial charge in [0.05, 0.1) is 11.8 Å². The first kappa shape index (κ1) is 20.7. The summed E-state index contributed by atoms with van der Waals surface area (Å²) >= 11 is 7.38. The zero-order chi connectivity index (χ0) is 19.9. The summed E-state index contributed by atoms with van der Waals surface area (Å²) in [5.74, 6) is 0.904. The average Bonchev–Trinajstić information content (AvgIpc) is 3.06. The van der Waals surface area contributed by atoms with Gasteiger partial charge in [-0.2, -0.15) is 5.10 Å². The minimum absolute atomic E-state index is 0.0585. The Bertz CT molecular complexity index is 845. The third kappa shape index (κ3) is 5.72. The highest BCUT2D eigenvalue weighted by molar-refractivity contribution is 7.99. The number of benzene rings is 1. The molecule has 1 aliphatic carbocycles. The maximum Gasteiger partial charge on any atom is 0.250 e. The second-order valence-corrected chi connectivity index (χ2v) is 8.22. The van der Waals surface area contributed by atoms with Crippen molar-refractivity contribution in [3.8, 4) is 0 Å². The lowest BCUT2D eigenvalue weighted by Gasteiger charge is -2.15. The predicted molar refractivity (Wildman–Crippen MR) is 114 cm³/mol. The number of aromatic nitrogens is 3. The van der Waals surface area contributed by atoms with Gasteiger partial charge in [-0.15, -0.1) is 10.2 Å². The number of carbonyl (C=O) groups excluding carboxylic acids is 1. The molecule has 0 aliphatic heterocycles. The number of hydrogen-bond donors (Lipinski definition) is 2. The molecule has 1 heterocycles. The van der Waals surface area contributed by atoms with Crippen LogP contribution in [-0.2, 0) is 11.8 Å². The molecule has 150 valence electrons. The van der Waals surface area contributed by atoms with Crippen LogP contribution in [0.4, 0.5) is 5.69 Å². The summed E-state index contributed by atoms with van der Waals surface area (Å²) in [5, 5.41) is 17.5. The van der Waals surface area contributed by atoms with Gasteiger partial charge in [-0.25, -0.2) is 5.43 Å². The molecule has 1 saturated carbocycles. The molecule has 9 heteroatoms. The number of nitrogens with one attached hydrogen (secondary N) is 2. The highest BCUT2D eigenvalue weighted by atomic mass is 35.5. The average molecular weight is 421 g/mol. The van der Waals surface area contributed by atoms with E-state index in [9.17, 15) is 4.79 Å². The smallest absolute Gasteiger partial charge is 0.250 e.